The van der Waals surface area contributed by atoms with Crippen LogP contribution in [-0.4, -0.2) is 21.4 Å². The number of aryl methyl sites for hydroxylation is 2. The van der Waals surface area contributed by atoms with Crippen LogP contribution in [-0.2, 0) is 27.0 Å². The Morgan fingerprint density at radius 1 is 0.682 bits per heavy atom. The van der Waals surface area contributed by atoms with Crippen LogP contribution in [0.15, 0.2) is 58.3 Å². The smallest absolute Gasteiger partial charge is 0.359 e. The SMILES string of the molecule is Cc1ccc(S(=O)(=O)[S+]([O-])S(=O)(=O)c2ccc(C)cc2)cc1. The summed E-state index contributed by atoms with van der Waals surface area (Å²) in [6.07, 6.45) is 0. The molecule has 2 rings (SSSR count). The van der Waals surface area contributed by atoms with Crippen LogP contribution in [0.1, 0.15) is 11.1 Å². The molecule has 0 unspecified atom stereocenters. The second-order valence-electron chi connectivity index (χ2n) is 4.74. The van der Waals surface area contributed by atoms with Gasteiger partial charge in [-0.05, 0) is 38.1 Å². The first-order valence-electron chi connectivity index (χ1n) is 6.22. The van der Waals surface area contributed by atoms with Gasteiger partial charge in [-0.3, -0.25) is 0 Å². The third-order valence-corrected chi connectivity index (χ3v) is 11.9. The van der Waals surface area contributed by atoms with Gasteiger partial charge in [0.05, 0.1) is 0 Å². The van der Waals surface area contributed by atoms with Gasteiger partial charge in [0, 0.05) is 0 Å². The van der Waals surface area contributed by atoms with Crippen molar-refractivity contribution in [3.8, 4) is 0 Å². The highest BCUT2D eigenvalue weighted by Crippen LogP contribution is 2.27. The lowest BCUT2D eigenvalue weighted by atomic mass is 10.2. The van der Waals surface area contributed by atoms with Gasteiger partial charge in [0.1, 0.15) is 9.79 Å². The van der Waals surface area contributed by atoms with Crippen molar-refractivity contribution in [2.45, 2.75) is 23.6 Å². The fourth-order valence-corrected chi connectivity index (χ4v) is 9.03. The lowest BCUT2D eigenvalue weighted by molar-refractivity contribution is 0.578. The molecular formula is C14H14O5S3. The molecule has 0 aliphatic rings. The van der Waals surface area contributed by atoms with Gasteiger partial charge < -0.3 is 4.55 Å². The van der Waals surface area contributed by atoms with Crippen molar-refractivity contribution in [3.05, 3.63) is 59.7 Å². The number of hydrogen-bond donors (Lipinski definition) is 0. The molecule has 2 aromatic carbocycles. The Labute approximate surface area is 131 Å². The maximum Gasteiger partial charge on any atom is 0.359 e. The van der Waals surface area contributed by atoms with Crippen molar-refractivity contribution < 1.29 is 21.4 Å². The molecule has 0 N–H and O–H groups in total. The zero-order chi connectivity index (χ0) is 16.5. The zero-order valence-corrected chi connectivity index (χ0v) is 14.3. The highest BCUT2D eigenvalue weighted by Gasteiger charge is 2.42. The highest BCUT2D eigenvalue weighted by molar-refractivity contribution is 8.99. The summed E-state index contributed by atoms with van der Waals surface area (Å²) in [5.74, 6) is 0. The Kier molecular flexibility index (Phi) is 4.67. The molecule has 0 heterocycles. The normalized spacial score (nSPS) is 12.5. The van der Waals surface area contributed by atoms with Crippen LogP contribution in [0.5, 0.6) is 0 Å². The van der Waals surface area contributed by atoms with E-state index in [0.717, 1.165) is 11.1 Å². The summed E-state index contributed by atoms with van der Waals surface area (Å²) < 4.78 is 61.2. The van der Waals surface area contributed by atoms with Crippen LogP contribution in [0.3, 0.4) is 0 Å². The zero-order valence-electron chi connectivity index (χ0n) is 11.9. The van der Waals surface area contributed by atoms with Crippen molar-refractivity contribution >= 4 is 27.0 Å². The Balaban J connectivity index is 2.47. The Hall–Kier alpha value is -1.35. The van der Waals surface area contributed by atoms with Crippen molar-refractivity contribution in [1.29, 1.82) is 0 Å². The van der Waals surface area contributed by atoms with Gasteiger partial charge in [-0.25, -0.2) is 0 Å². The van der Waals surface area contributed by atoms with E-state index in [1.807, 2.05) is 0 Å². The lowest BCUT2D eigenvalue weighted by Crippen LogP contribution is -2.25. The minimum Gasteiger partial charge on any atom is -0.586 e. The van der Waals surface area contributed by atoms with Gasteiger partial charge in [0.2, 0.25) is 9.24 Å². The molecule has 0 aliphatic carbocycles. The molecule has 2 aromatic rings. The molecule has 0 saturated heterocycles. The van der Waals surface area contributed by atoms with E-state index in [1.54, 1.807) is 13.8 Å². The van der Waals surface area contributed by atoms with Gasteiger partial charge in [-0.1, -0.05) is 35.4 Å². The molecule has 0 aliphatic heterocycles. The molecule has 0 radical (unpaired) electrons. The predicted octanol–water partition coefficient (Wildman–Crippen LogP) is 2.13. The van der Waals surface area contributed by atoms with Gasteiger partial charge in [0.15, 0.2) is 0 Å². The molecule has 8 heteroatoms. The summed E-state index contributed by atoms with van der Waals surface area (Å²) in [6.45, 7) is 3.52. The Morgan fingerprint density at radius 2 is 0.955 bits per heavy atom. The molecule has 0 bridgehead atoms. The fourth-order valence-electron chi connectivity index (χ4n) is 1.68. The standard InChI is InChI=1S/C14H14O5S3/c1-11-3-7-13(8-4-11)21(16,17)20(15)22(18,19)14-9-5-12(2)6-10-14/h3-10H,1-2H3. The topological polar surface area (TPSA) is 91.3 Å². The molecular weight excluding hydrogens is 344 g/mol. The summed E-state index contributed by atoms with van der Waals surface area (Å²) in [6, 6.07) is 11.0. The van der Waals surface area contributed by atoms with Crippen LogP contribution in [0, 0.1) is 13.8 Å². The van der Waals surface area contributed by atoms with E-state index in [1.165, 1.54) is 48.5 Å². The van der Waals surface area contributed by atoms with E-state index in [4.69, 9.17) is 0 Å². The minimum atomic E-state index is -4.49. The van der Waals surface area contributed by atoms with Crippen molar-refractivity contribution in [2.24, 2.45) is 0 Å². The van der Waals surface area contributed by atoms with Crippen molar-refractivity contribution in [2.75, 3.05) is 0 Å². The second kappa shape index (κ2) is 6.04. The summed E-state index contributed by atoms with van der Waals surface area (Å²) in [7, 11) is -12.1. The van der Waals surface area contributed by atoms with Crippen molar-refractivity contribution in [1.82, 2.24) is 0 Å². The maximum absolute atomic E-state index is 12.3. The highest BCUT2D eigenvalue weighted by atomic mass is 33.6. The first-order chi connectivity index (χ1) is 10.2. The quantitative estimate of drug-likeness (QED) is 0.617. The van der Waals surface area contributed by atoms with Gasteiger partial charge >= 0.3 is 17.7 Å². The summed E-state index contributed by atoms with van der Waals surface area (Å²) in [5, 5.41) is 0. The number of hydrogen-bond acceptors (Lipinski definition) is 5. The third-order valence-electron chi connectivity index (χ3n) is 2.98. The molecule has 0 aromatic heterocycles. The van der Waals surface area contributed by atoms with Crippen LogP contribution in [0.25, 0.3) is 0 Å². The summed E-state index contributed by atoms with van der Waals surface area (Å²) >= 11 is 0. The molecule has 22 heavy (non-hydrogen) atoms. The number of benzene rings is 2. The summed E-state index contributed by atoms with van der Waals surface area (Å²) in [4.78, 5) is -0.570. The molecule has 0 atom stereocenters. The lowest BCUT2D eigenvalue weighted by Gasteiger charge is -2.11. The van der Waals surface area contributed by atoms with Crippen molar-refractivity contribution in [3.63, 3.8) is 0 Å². The largest absolute Gasteiger partial charge is 0.586 e. The van der Waals surface area contributed by atoms with E-state index in [0.29, 0.717) is 0 Å². The van der Waals surface area contributed by atoms with E-state index in [9.17, 15) is 21.4 Å². The minimum absolute atomic E-state index is 0.285. The molecule has 0 saturated carbocycles. The molecule has 0 fully saturated rings. The Bertz CT molecular complexity index is 792. The molecule has 5 nitrogen and oxygen atoms in total. The molecule has 118 valence electrons. The van der Waals surface area contributed by atoms with E-state index >= 15 is 0 Å². The Morgan fingerprint density at radius 3 is 1.23 bits per heavy atom. The monoisotopic (exact) mass is 358 g/mol. The fraction of sp³-hybridized carbons (Fsp3) is 0.143. The maximum atomic E-state index is 12.3. The van der Waals surface area contributed by atoms with Crippen LogP contribution < -0.4 is 0 Å². The molecule has 0 amide bonds. The second-order valence-corrected chi connectivity index (χ2v) is 13.0. The first-order valence-corrected chi connectivity index (χ1v) is 11.4. The van der Waals surface area contributed by atoms with Crippen LogP contribution in [0.4, 0.5) is 0 Å². The average molecular weight is 358 g/mol. The summed E-state index contributed by atoms with van der Waals surface area (Å²) in [5.41, 5.74) is 1.62. The van der Waals surface area contributed by atoms with Gasteiger partial charge in [-0.15, -0.1) is 0 Å². The average Bonchev–Trinajstić information content (AvgIpc) is 2.47. The van der Waals surface area contributed by atoms with Crippen LogP contribution >= 0.6 is 0 Å². The van der Waals surface area contributed by atoms with E-state index in [2.05, 4.69) is 0 Å². The van der Waals surface area contributed by atoms with E-state index < -0.39 is 27.0 Å². The van der Waals surface area contributed by atoms with Gasteiger partial charge in [-0.2, -0.15) is 16.8 Å². The first kappa shape index (κ1) is 17.0. The number of rotatable bonds is 4. The van der Waals surface area contributed by atoms with Gasteiger partial charge in [0.25, 0.3) is 0 Å². The third kappa shape index (κ3) is 3.19. The van der Waals surface area contributed by atoms with Crippen LogP contribution in [0.2, 0.25) is 0 Å². The molecule has 0 spiro atoms. The predicted molar refractivity (Wildman–Crippen MR) is 84.9 cm³/mol. The van der Waals surface area contributed by atoms with E-state index in [-0.39, 0.29) is 9.79 Å².